The maximum absolute atomic E-state index is 13.7. The molecule has 1 amide bonds. The first-order valence-electron chi connectivity index (χ1n) is 8.08. The van der Waals surface area contributed by atoms with E-state index in [1.165, 1.54) is 25.3 Å². The number of carbonyl (C=O) groups excluding carboxylic acids is 1. The third kappa shape index (κ3) is 2.28. The van der Waals surface area contributed by atoms with E-state index in [0.717, 1.165) is 11.1 Å². The Kier molecular flexibility index (Phi) is 3.65. The van der Waals surface area contributed by atoms with Gasteiger partial charge >= 0.3 is 0 Å². The number of methoxy groups -OCH3 is 2. The highest BCUT2D eigenvalue weighted by atomic mass is 19.1. The number of carbonyl (C=O) groups is 1. The van der Waals surface area contributed by atoms with Crippen molar-refractivity contribution in [2.75, 3.05) is 20.8 Å². The maximum Gasteiger partial charge on any atom is 0.254 e. The summed E-state index contributed by atoms with van der Waals surface area (Å²) in [5, 5.41) is 10.9. The zero-order chi connectivity index (χ0) is 17.7. The molecule has 0 saturated carbocycles. The Hall–Kier alpha value is -2.60. The molecule has 0 aromatic heterocycles. The third-order valence-corrected chi connectivity index (χ3v) is 5.04. The van der Waals surface area contributed by atoms with Crippen molar-refractivity contribution in [1.82, 2.24) is 4.90 Å². The van der Waals surface area contributed by atoms with Gasteiger partial charge in [0.1, 0.15) is 11.9 Å². The first-order chi connectivity index (χ1) is 12.0. The maximum atomic E-state index is 13.7. The van der Waals surface area contributed by atoms with E-state index in [0.29, 0.717) is 35.6 Å². The largest absolute Gasteiger partial charge is 0.493 e. The molecule has 4 rings (SSSR count). The molecule has 0 fully saturated rings. The molecule has 2 aromatic rings. The van der Waals surface area contributed by atoms with Crippen molar-refractivity contribution in [2.24, 2.45) is 0 Å². The first kappa shape index (κ1) is 15.9. The number of ether oxygens (including phenoxy) is 2. The van der Waals surface area contributed by atoms with Crippen molar-refractivity contribution >= 4 is 5.91 Å². The van der Waals surface area contributed by atoms with Crippen molar-refractivity contribution < 1.29 is 23.8 Å². The van der Waals surface area contributed by atoms with Crippen LogP contribution in [0.4, 0.5) is 4.39 Å². The van der Waals surface area contributed by atoms with Crippen LogP contribution < -0.4 is 9.47 Å². The van der Waals surface area contributed by atoms with Gasteiger partial charge in [0.15, 0.2) is 11.5 Å². The van der Waals surface area contributed by atoms with Gasteiger partial charge in [-0.1, -0.05) is 0 Å². The highest BCUT2D eigenvalue weighted by Gasteiger charge is 2.43. The normalized spacial score (nSPS) is 21.3. The lowest BCUT2D eigenvalue weighted by Gasteiger charge is -2.44. The predicted molar refractivity (Wildman–Crippen MR) is 88.4 cm³/mol. The molecule has 0 bridgehead atoms. The van der Waals surface area contributed by atoms with Crippen LogP contribution >= 0.6 is 0 Å². The number of rotatable bonds is 2. The summed E-state index contributed by atoms with van der Waals surface area (Å²) in [5.41, 5.74) is 2.48. The quantitative estimate of drug-likeness (QED) is 0.911. The monoisotopic (exact) mass is 343 g/mol. The van der Waals surface area contributed by atoms with Gasteiger partial charge in [-0.15, -0.1) is 0 Å². The van der Waals surface area contributed by atoms with E-state index in [2.05, 4.69) is 0 Å². The van der Waals surface area contributed by atoms with Crippen LogP contribution in [0.25, 0.3) is 0 Å². The molecule has 0 saturated heterocycles. The van der Waals surface area contributed by atoms with E-state index in [1.54, 1.807) is 18.1 Å². The number of amides is 1. The van der Waals surface area contributed by atoms with Crippen molar-refractivity contribution in [1.29, 1.82) is 0 Å². The zero-order valence-electron chi connectivity index (χ0n) is 14.0. The molecular formula is C19H18FNO4. The van der Waals surface area contributed by atoms with E-state index in [9.17, 15) is 14.3 Å². The van der Waals surface area contributed by atoms with Gasteiger partial charge < -0.3 is 19.5 Å². The average molecular weight is 343 g/mol. The van der Waals surface area contributed by atoms with Gasteiger partial charge in [0.2, 0.25) is 0 Å². The van der Waals surface area contributed by atoms with E-state index >= 15 is 0 Å². The summed E-state index contributed by atoms with van der Waals surface area (Å²) in [5.74, 6) is 0.485. The van der Waals surface area contributed by atoms with Gasteiger partial charge in [-0.3, -0.25) is 4.79 Å². The van der Waals surface area contributed by atoms with Gasteiger partial charge in [-0.05, 0) is 53.4 Å². The molecule has 0 radical (unpaired) electrons. The second-order valence-corrected chi connectivity index (χ2v) is 6.28. The number of halogens is 1. The summed E-state index contributed by atoms with van der Waals surface area (Å²) >= 11 is 0. The van der Waals surface area contributed by atoms with Gasteiger partial charge in [0.05, 0.1) is 20.3 Å². The fraction of sp³-hybridized carbons (Fsp3) is 0.316. The van der Waals surface area contributed by atoms with Gasteiger partial charge in [0, 0.05) is 12.1 Å². The minimum atomic E-state index is -0.999. The standard InChI is InChI=1S/C19H18FNO4/c1-24-15-7-10-5-6-21-17(13(10)9-16(15)25-2)18(22)14-8-11(20)3-4-12(14)19(21)23/h3-4,7-9,17-18,22H,5-6H2,1-2H3/t17-,18+/m1/s1. The number of benzene rings is 2. The van der Waals surface area contributed by atoms with Crippen LogP contribution in [-0.2, 0) is 6.42 Å². The van der Waals surface area contributed by atoms with Crippen LogP contribution in [0.3, 0.4) is 0 Å². The Balaban J connectivity index is 1.88. The molecule has 130 valence electrons. The number of nitrogens with zero attached hydrogens (tertiary/aromatic N) is 1. The molecule has 0 spiro atoms. The summed E-state index contributed by atoms with van der Waals surface area (Å²) in [4.78, 5) is 14.5. The number of aliphatic hydroxyl groups is 1. The Labute approximate surface area is 144 Å². The average Bonchev–Trinajstić information content (AvgIpc) is 2.63. The van der Waals surface area contributed by atoms with Gasteiger partial charge in [0.25, 0.3) is 5.91 Å². The number of hydrogen-bond acceptors (Lipinski definition) is 4. The molecule has 2 aromatic carbocycles. The lowest BCUT2D eigenvalue weighted by Crippen LogP contribution is -2.46. The Morgan fingerprint density at radius 3 is 2.56 bits per heavy atom. The first-order valence-corrected chi connectivity index (χ1v) is 8.08. The van der Waals surface area contributed by atoms with E-state index < -0.39 is 18.0 Å². The van der Waals surface area contributed by atoms with Crippen molar-refractivity contribution in [3.63, 3.8) is 0 Å². The second kappa shape index (κ2) is 5.74. The molecule has 2 aliphatic rings. The Morgan fingerprint density at radius 1 is 1.12 bits per heavy atom. The molecule has 2 heterocycles. The Morgan fingerprint density at radius 2 is 1.84 bits per heavy atom. The van der Waals surface area contributed by atoms with E-state index in [1.807, 2.05) is 6.07 Å². The zero-order valence-corrected chi connectivity index (χ0v) is 14.0. The minimum Gasteiger partial charge on any atom is -0.493 e. The molecule has 2 atom stereocenters. The SMILES string of the molecule is COc1cc2c(cc1OC)[C@@H]1[C@@H](O)c3cc(F)ccc3C(=O)N1CC2. The molecule has 0 unspecified atom stereocenters. The second-order valence-electron chi connectivity index (χ2n) is 6.28. The van der Waals surface area contributed by atoms with Gasteiger partial charge in [-0.2, -0.15) is 0 Å². The van der Waals surface area contributed by atoms with E-state index in [-0.39, 0.29) is 5.91 Å². The van der Waals surface area contributed by atoms with Gasteiger partial charge in [-0.25, -0.2) is 4.39 Å². The van der Waals surface area contributed by atoms with E-state index in [4.69, 9.17) is 9.47 Å². The summed E-state index contributed by atoms with van der Waals surface area (Å²) < 4.78 is 24.4. The van der Waals surface area contributed by atoms with Crippen LogP contribution in [0.2, 0.25) is 0 Å². The number of hydrogen-bond donors (Lipinski definition) is 1. The van der Waals surface area contributed by atoms with Crippen LogP contribution in [0.5, 0.6) is 11.5 Å². The van der Waals surface area contributed by atoms with Crippen LogP contribution in [0, 0.1) is 5.82 Å². The van der Waals surface area contributed by atoms with Crippen LogP contribution in [0.1, 0.15) is 39.2 Å². The molecule has 25 heavy (non-hydrogen) atoms. The predicted octanol–water partition coefficient (Wildman–Crippen LogP) is 2.63. The lowest BCUT2D eigenvalue weighted by atomic mass is 9.81. The minimum absolute atomic E-state index is 0.189. The highest BCUT2D eigenvalue weighted by molar-refractivity contribution is 5.97. The lowest BCUT2D eigenvalue weighted by molar-refractivity contribution is 0.0212. The van der Waals surface area contributed by atoms with Crippen molar-refractivity contribution in [3.05, 3.63) is 58.4 Å². The van der Waals surface area contributed by atoms with Crippen LogP contribution in [0.15, 0.2) is 30.3 Å². The fourth-order valence-electron chi connectivity index (χ4n) is 3.84. The fourth-order valence-corrected chi connectivity index (χ4v) is 3.84. The van der Waals surface area contributed by atoms with Crippen molar-refractivity contribution in [2.45, 2.75) is 18.6 Å². The Bertz CT molecular complexity index is 867. The smallest absolute Gasteiger partial charge is 0.254 e. The van der Waals surface area contributed by atoms with Crippen molar-refractivity contribution in [3.8, 4) is 11.5 Å². The summed E-state index contributed by atoms with van der Waals surface area (Å²) in [6.45, 7) is 0.486. The molecule has 6 heteroatoms. The third-order valence-electron chi connectivity index (χ3n) is 5.04. The molecule has 5 nitrogen and oxygen atoms in total. The summed E-state index contributed by atoms with van der Waals surface area (Å²) in [6.07, 6.45) is -0.346. The molecule has 2 aliphatic heterocycles. The van der Waals surface area contributed by atoms with Crippen LogP contribution in [-0.4, -0.2) is 36.7 Å². The molecular weight excluding hydrogens is 325 g/mol. The highest BCUT2D eigenvalue weighted by Crippen LogP contribution is 2.47. The molecule has 0 aliphatic carbocycles. The summed E-state index contributed by atoms with van der Waals surface area (Å²) in [6, 6.07) is 7.04. The number of fused-ring (bicyclic) bond motifs is 4. The number of aliphatic hydroxyl groups excluding tert-OH is 1. The topological polar surface area (TPSA) is 59.0 Å². The molecule has 1 N–H and O–H groups in total. The summed E-state index contributed by atoms with van der Waals surface area (Å²) in [7, 11) is 3.11.